The van der Waals surface area contributed by atoms with Crippen LogP contribution in [0.2, 0.25) is 5.02 Å². The monoisotopic (exact) mass is 310 g/mol. The summed E-state index contributed by atoms with van der Waals surface area (Å²) in [6.07, 6.45) is 0.441. The molecule has 2 unspecified atom stereocenters. The van der Waals surface area contributed by atoms with E-state index in [1.165, 1.54) is 0 Å². The zero-order chi connectivity index (χ0) is 15.2. The summed E-state index contributed by atoms with van der Waals surface area (Å²) in [5.74, 6) is 0.359. The molecule has 21 heavy (non-hydrogen) atoms. The third-order valence-corrected chi connectivity index (χ3v) is 3.89. The normalized spacial score (nSPS) is 20.3. The third kappa shape index (κ3) is 4.99. The molecule has 2 N–H and O–H groups in total. The Balaban J connectivity index is 1.95. The molecule has 0 saturated carbocycles. The van der Waals surface area contributed by atoms with Crippen LogP contribution in [0.25, 0.3) is 0 Å². The van der Waals surface area contributed by atoms with Gasteiger partial charge in [0.1, 0.15) is 0 Å². The van der Waals surface area contributed by atoms with Crippen molar-refractivity contribution in [2.24, 2.45) is 5.92 Å². The molecule has 0 aliphatic carbocycles. The summed E-state index contributed by atoms with van der Waals surface area (Å²) in [4.78, 5) is 12.2. The maximum Gasteiger partial charge on any atom is 0.222 e. The SMILES string of the molecule is CC(C)C(NC(=O)CC1COCCN1)c1ccc(Cl)cc1. The highest BCUT2D eigenvalue weighted by Crippen LogP contribution is 2.23. The number of carbonyl (C=O) groups is 1. The minimum atomic E-state index is -0.000671. The van der Waals surface area contributed by atoms with E-state index in [-0.39, 0.29) is 18.0 Å². The van der Waals surface area contributed by atoms with Crippen molar-refractivity contribution in [3.05, 3.63) is 34.9 Å². The molecule has 1 aliphatic rings. The molecular weight excluding hydrogens is 288 g/mol. The lowest BCUT2D eigenvalue weighted by atomic mass is 9.95. The molecule has 1 aliphatic heterocycles. The molecule has 1 amide bonds. The van der Waals surface area contributed by atoms with Gasteiger partial charge in [-0.2, -0.15) is 0 Å². The lowest BCUT2D eigenvalue weighted by Crippen LogP contribution is -2.45. The lowest BCUT2D eigenvalue weighted by molar-refractivity contribution is -0.123. The molecule has 4 nitrogen and oxygen atoms in total. The number of hydrogen-bond acceptors (Lipinski definition) is 3. The molecule has 2 atom stereocenters. The van der Waals surface area contributed by atoms with Crippen molar-refractivity contribution in [3.63, 3.8) is 0 Å². The van der Waals surface area contributed by atoms with E-state index >= 15 is 0 Å². The number of benzene rings is 1. The Labute approximate surface area is 131 Å². The second-order valence-electron chi connectivity index (χ2n) is 5.77. The van der Waals surface area contributed by atoms with Crippen molar-refractivity contribution in [2.45, 2.75) is 32.4 Å². The molecule has 0 radical (unpaired) electrons. The predicted octanol–water partition coefficient (Wildman–Crippen LogP) is 2.53. The zero-order valence-electron chi connectivity index (χ0n) is 12.6. The number of ether oxygens (including phenoxy) is 1. The summed E-state index contributed by atoms with van der Waals surface area (Å²) < 4.78 is 5.38. The van der Waals surface area contributed by atoms with E-state index in [4.69, 9.17) is 16.3 Å². The van der Waals surface area contributed by atoms with Gasteiger partial charge in [-0.1, -0.05) is 37.6 Å². The molecule has 0 aromatic heterocycles. The average Bonchev–Trinajstić information content (AvgIpc) is 2.47. The van der Waals surface area contributed by atoms with E-state index in [9.17, 15) is 4.79 Å². The third-order valence-electron chi connectivity index (χ3n) is 3.64. The molecule has 116 valence electrons. The van der Waals surface area contributed by atoms with Crippen LogP contribution in [0.15, 0.2) is 24.3 Å². The van der Waals surface area contributed by atoms with Gasteiger partial charge in [0, 0.05) is 24.0 Å². The fourth-order valence-electron chi connectivity index (χ4n) is 2.51. The molecule has 0 bridgehead atoms. The van der Waals surface area contributed by atoms with E-state index in [2.05, 4.69) is 24.5 Å². The molecule has 1 fully saturated rings. The minimum absolute atomic E-state index is 0.000671. The number of amides is 1. The zero-order valence-corrected chi connectivity index (χ0v) is 13.3. The van der Waals surface area contributed by atoms with Crippen LogP contribution in [0.4, 0.5) is 0 Å². The Kier molecular flexibility index (Phi) is 6.03. The number of nitrogens with one attached hydrogen (secondary N) is 2. The summed E-state index contributed by atoms with van der Waals surface area (Å²) in [5, 5.41) is 7.12. The van der Waals surface area contributed by atoms with Gasteiger partial charge < -0.3 is 15.4 Å². The fourth-order valence-corrected chi connectivity index (χ4v) is 2.64. The summed E-state index contributed by atoms with van der Waals surface area (Å²) >= 11 is 5.92. The van der Waals surface area contributed by atoms with Gasteiger partial charge in [-0.25, -0.2) is 0 Å². The van der Waals surface area contributed by atoms with Crippen molar-refractivity contribution < 1.29 is 9.53 Å². The van der Waals surface area contributed by atoms with Crippen LogP contribution in [-0.4, -0.2) is 31.7 Å². The second-order valence-corrected chi connectivity index (χ2v) is 6.21. The first-order valence-corrected chi connectivity index (χ1v) is 7.80. The van der Waals surface area contributed by atoms with Gasteiger partial charge in [-0.15, -0.1) is 0 Å². The van der Waals surface area contributed by atoms with Gasteiger partial charge in [0.2, 0.25) is 5.91 Å². The fraction of sp³-hybridized carbons (Fsp3) is 0.562. The first-order valence-electron chi connectivity index (χ1n) is 7.42. The van der Waals surface area contributed by atoms with Gasteiger partial charge in [-0.3, -0.25) is 4.79 Å². The molecule has 1 aromatic carbocycles. The Bertz CT molecular complexity index is 456. The quantitative estimate of drug-likeness (QED) is 0.878. The largest absolute Gasteiger partial charge is 0.378 e. The highest BCUT2D eigenvalue weighted by Gasteiger charge is 2.21. The Morgan fingerprint density at radius 1 is 1.43 bits per heavy atom. The number of rotatable bonds is 5. The van der Waals surface area contributed by atoms with E-state index in [0.29, 0.717) is 24.0 Å². The first-order chi connectivity index (χ1) is 10.1. The van der Waals surface area contributed by atoms with E-state index in [1.54, 1.807) is 0 Å². The summed E-state index contributed by atoms with van der Waals surface area (Å²) in [5.41, 5.74) is 1.08. The predicted molar refractivity (Wildman–Crippen MR) is 84.4 cm³/mol. The topological polar surface area (TPSA) is 50.4 Å². The molecule has 1 aromatic rings. The summed E-state index contributed by atoms with van der Waals surface area (Å²) in [7, 11) is 0. The Morgan fingerprint density at radius 2 is 2.14 bits per heavy atom. The van der Waals surface area contributed by atoms with E-state index < -0.39 is 0 Å². The Morgan fingerprint density at radius 3 is 2.71 bits per heavy atom. The maximum absolute atomic E-state index is 12.2. The summed E-state index contributed by atoms with van der Waals surface area (Å²) in [6, 6.07) is 7.75. The van der Waals surface area contributed by atoms with Crippen LogP contribution in [0, 0.1) is 5.92 Å². The highest BCUT2D eigenvalue weighted by atomic mass is 35.5. The highest BCUT2D eigenvalue weighted by molar-refractivity contribution is 6.30. The molecule has 5 heteroatoms. The smallest absolute Gasteiger partial charge is 0.222 e. The number of morpholine rings is 1. The molecular formula is C16H23ClN2O2. The molecule has 2 rings (SSSR count). The number of halogens is 1. The number of carbonyl (C=O) groups excluding carboxylic acids is 1. The molecule has 0 spiro atoms. The van der Waals surface area contributed by atoms with Gasteiger partial charge in [-0.05, 0) is 23.6 Å². The van der Waals surface area contributed by atoms with Gasteiger partial charge in [0.05, 0.1) is 19.3 Å². The number of hydrogen-bond donors (Lipinski definition) is 2. The molecule has 1 heterocycles. The van der Waals surface area contributed by atoms with Crippen LogP contribution >= 0.6 is 11.6 Å². The lowest BCUT2D eigenvalue weighted by Gasteiger charge is -2.26. The van der Waals surface area contributed by atoms with Crippen molar-refractivity contribution >= 4 is 17.5 Å². The van der Waals surface area contributed by atoms with Crippen molar-refractivity contribution in [1.82, 2.24) is 10.6 Å². The van der Waals surface area contributed by atoms with Crippen LogP contribution < -0.4 is 10.6 Å². The van der Waals surface area contributed by atoms with Crippen LogP contribution in [0.5, 0.6) is 0 Å². The molecule has 1 saturated heterocycles. The van der Waals surface area contributed by atoms with Crippen molar-refractivity contribution in [1.29, 1.82) is 0 Å². The maximum atomic E-state index is 12.2. The van der Waals surface area contributed by atoms with Crippen LogP contribution in [0.1, 0.15) is 31.9 Å². The van der Waals surface area contributed by atoms with E-state index in [0.717, 1.165) is 18.7 Å². The van der Waals surface area contributed by atoms with E-state index in [1.807, 2.05) is 24.3 Å². The second kappa shape index (κ2) is 7.78. The van der Waals surface area contributed by atoms with Crippen molar-refractivity contribution in [2.75, 3.05) is 19.8 Å². The summed E-state index contributed by atoms with van der Waals surface area (Å²) in [6.45, 7) is 6.32. The van der Waals surface area contributed by atoms with Crippen LogP contribution in [-0.2, 0) is 9.53 Å². The van der Waals surface area contributed by atoms with Gasteiger partial charge in [0.25, 0.3) is 0 Å². The van der Waals surface area contributed by atoms with Crippen LogP contribution in [0.3, 0.4) is 0 Å². The minimum Gasteiger partial charge on any atom is -0.378 e. The van der Waals surface area contributed by atoms with Gasteiger partial charge in [0.15, 0.2) is 0 Å². The average molecular weight is 311 g/mol. The standard InChI is InChI=1S/C16H23ClN2O2/c1-11(2)16(12-3-5-13(17)6-4-12)19-15(20)9-14-10-21-8-7-18-14/h3-6,11,14,16,18H,7-10H2,1-2H3,(H,19,20). The van der Waals surface area contributed by atoms with Gasteiger partial charge >= 0.3 is 0 Å². The first kappa shape index (κ1) is 16.3. The Hall–Kier alpha value is -1.10. The van der Waals surface area contributed by atoms with Crippen molar-refractivity contribution in [3.8, 4) is 0 Å².